The van der Waals surface area contributed by atoms with Gasteiger partial charge in [-0.05, 0) is 37.5 Å². The highest BCUT2D eigenvalue weighted by Crippen LogP contribution is 2.34. The molecule has 1 saturated heterocycles. The highest BCUT2D eigenvalue weighted by molar-refractivity contribution is 4.92. The van der Waals surface area contributed by atoms with Gasteiger partial charge in [-0.1, -0.05) is 40.5 Å². The summed E-state index contributed by atoms with van der Waals surface area (Å²) >= 11 is 0. The van der Waals surface area contributed by atoms with Gasteiger partial charge in [0.15, 0.2) is 0 Å². The summed E-state index contributed by atoms with van der Waals surface area (Å²) in [6.07, 6.45) is 5.61. The molecule has 1 N–H and O–H groups in total. The van der Waals surface area contributed by atoms with Gasteiger partial charge in [0.1, 0.15) is 0 Å². The molecule has 2 nitrogen and oxygen atoms in total. The van der Waals surface area contributed by atoms with Crippen LogP contribution in [-0.2, 0) is 0 Å². The lowest BCUT2D eigenvalue weighted by Gasteiger charge is -2.48. The third-order valence-electron chi connectivity index (χ3n) is 5.55. The third kappa shape index (κ3) is 3.72. The molecule has 1 heterocycles. The Balaban J connectivity index is 1.99. The first kappa shape index (κ1) is 15.3. The zero-order chi connectivity index (χ0) is 14.0. The normalized spacial score (nSPS) is 41.7. The summed E-state index contributed by atoms with van der Waals surface area (Å²) in [6, 6.07) is 2.25. The van der Waals surface area contributed by atoms with Crippen LogP contribution in [0.4, 0.5) is 0 Å². The van der Waals surface area contributed by atoms with Gasteiger partial charge in [0.05, 0.1) is 0 Å². The molecular weight excluding hydrogens is 232 g/mol. The van der Waals surface area contributed by atoms with Gasteiger partial charge < -0.3 is 5.32 Å². The number of rotatable bonds is 3. The van der Waals surface area contributed by atoms with Crippen molar-refractivity contribution < 1.29 is 0 Å². The van der Waals surface area contributed by atoms with Gasteiger partial charge in [-0.2, -0.15) is 0 Å². The second kappa shape index (κ2) is 6.58. The van der Waals surface area contributed by atoms with E-state index in [0.29, 0.717) is 12.1 Å². The maximum atomic E-state index is 3.75. The van der Waals surface area contributed by atoms with Crippen LogP contribution in [-0.4, -0.2) is 36.1 Å². The fourth-order valence-electron chi connectivity index (χ4n) is 4.16. The Labute approximate surface area is 120 Å². The van der Waals surface area contributed by atoms with E-state index < -0.39 is 0 Å². The molecule has 0 aromatic carbocycles. The summed E-state index contributed by atoms with van der Waals surface area (Å²) < 4.78 is 0. The Bertz CT molecular complexity index is 276. The van der Waals surface area contributed by atoms with E-state index in [1.165, 1.54) is 38.8 Å². The van der Waals surface area contributed by atoms with Crippen molar-refractivity contribution in [2.24, 2.45) is 17.8 Å². The van der Waals surface area contributed by atoms with E-state index in [2.05, 4.69) is 44.8 Å². The van der Waals surface area contributed by atoms with Crippen molar-refractivity contribution in [3.8, 4) is 0 Å². The first-order valence-electron chi connectivity index (χ1n) is 8.48. The number of piperazine rings is 1. The highest BCUT2D eigenvalue weighted by Gasteiger charge is 2.36. The first-order chi connectivity index (χ1) is 8.99. The average molecular weight is 266 g/mol. The van der Waals surface area contributed by atoms with Gasteiger partial charge in [0.2, 0.25) is 0 Å². The van der Waals surface area contributed by atoms with Crippen LogP contribution >= 0.6 is 0 Å². The van der Waals surface area contributed by atoms with E-state index >= 15 is 0 Å². The van der Waals surface area contributed by atoms with Crippen molar-refractivity contribution >= 4 is 0 Å². The standard InChI is InChI=1S/C17H34N2/c1-12(2)9-16-11-19(14(4)10-18-16)17-8-6-7-13(3)15(17)5/h12-18H,6-11H2,1-5H3. The molecule has 2 heteroatoms. The molecule has 1 aliphatic heterocycles. The Morgan fingerprint density at radius 1 is 1.16 bits per heavy atom. The molecule has 2 aliphatic rings. The predicted octanol–water partition coefficient (Wildman–Crippen LogP) is 3.52. The highest BCUT2D eigenvalue weighted by atomic mass is 15.3. The zero-order valence-corrected chi connectivity index (χ0v) is 13.7. The second-order valence-electron chi connectivity index (χ2n) is 7.62. The van der Waals surface area contributed by atoms with Gasteiger partial charge in [-0.3, -0.25) is 4.90 Å². The molecule has 0 aromatic rings. The summed E-state index contributed by atoms with van der Waals surface area (Å²) in [5.74, 6) is 2.58. The molecule has 19 heavy (non-hydrogen) atoms. The molecule has 1 aliphatic carbocycles. The van der Waals surface area contributed by atoms with Crippen molar-refractivity contribution in [1.82, 2.24) is 10.2 Å². The molecule has 2 rings (SSSR count). The fourth-order valence-corrected chi connectivity index (χ4v) is 4.16. The summed E-state index contributed by atoms with van der Waals surface area (Å²) in [5.41, 5.74) is 0. The van der Waals surface area contributed by atoms with E-state index in [9.17, 15) is 0 Å². The minimum Gasteiger partial charge on any atom is -0.311 e. The Kier molecular flexibility index (Phi) is 5.30. The van der Waals surface area contributed by atoms with Crippen LogP contribution in [0, 0.1) is 17.8 Å². The lowest BCUT2D eigenvalue weighted by Crippen LogP contribution is -2.60. The minimum atomic E-state index is 0.709. The summed E-state index contributed by atoms with van der Waals surface area (Å²) in [6.45, 7) is 14.5. The van der Waals surface area contributed by atoms with E-state index in [0.717, 1.165) is 23.8 Å². The van der Waals surface area contributed by atoms with E-state index in [1.807, 2.05) is 0 Å². The van der Waals surface area contributed by atoms with Gasteiger partial charge in [-0.25, -0.2) is 0 Å². The Hall–Kier alpha value is -0.0800. The second-order valence-corrected chi connectivity index (χ2v) is 7.62. The third-order valence-corrected chi connectivity index (χ3v) is 5.55. The Morgan fingerprint density at radius 3 is 2.58 bits per heavy atom. The number of hydrogen-bond acceptors (Lipinski definition) is 2. The molecule has 0 spiro atoms. The van der Waals surface area contributed by atoms with Crippen LogP contribution in [0.3, 0.4) is 0 Å². The fraction of sp³-hybridized carbons (Fsp3) is 1.00. The van der Waals surface area contributed by atoms with Crippen molar-refractivity contribution in [2.75, 3.05) is 13.1 Å². The maximum absolute atomic E-state index is 3.75. The molecule has 0 aromatic heterocycles. The van der Waals surface area contributed by atoms with E-state index in [-0.39, 0.29) is 0 Å². The molecule has 5 atom stereocenters. The number of nitrogens with zero attached hydrogens (tertiary/aromatic N) is 1. The summed E-state index contributed by atoms with van der Waals surface area (Å²) in [5, 5.41) is 3.75. The van der Waals surface area contributed by atoms with Gasteiger partial charge in [-0.15, -0.1) is 0 Å². The first-order valence-corrected chi connectivity index (χ1v) is 8.48. The molecule has 5 unspecified atom stereocenters. The van der Waals surface area contributed by atoms with Gasteiger partial charge in [0.25, 0.3) is 0 Å². The quantitative estimate of drug-likeness (QED) is 0.841. The molecule has 0 radical (unpaired) electrons. The smallest absolute Gasteiger partial charge is 0.0198 e. The summed E-state index contributed by atoms with van der Waals surface area (Å²) in [4.78, 5) is 2.84. The van der Waals surface area contributed by atoms with Crippen molar-refractivity contribution in [3.63, 3.8) is 0 Å². The minimum absolute atomic E-state index is 0.709. The van der Waals surface area contributed by atoms with Crippen LogP contribution in [0.1, 0.15) is 60.3 Å². The Morgan fingerprint density at radius 2 is 1.89 bits per heavy atom. The molecule has 112 valence electrons. The zero-order valence-electron chi connectivity index (χ0n) is 13.7. The van der Waals surface area contributed by atoms with Gasteiger partial charge >= 0.3 is 0 Å². The van der Waals surface area contributed by atoms with Crippen LogP contribution in [0.2, 0.25) is 0 Å². The molecule has 0 amide bonds. The van der Waals surface area contributed by atoms with Crippen molar-refractivity contribution in [1.29, 1.82) is 0 Å². The SMILES string of the molecule is CC(C)CC1CN(C2CCCC(C)C2C)C(C)CN1. The molecular formula is C17H34N2. The molecule has 1 saturated carbocycles. The maximum Gasteiger partial charge on any atom is 0.0198 e. The van der Waals surface area contributed by atoms with Crippen LogP contribution in [0.15, 0.2) is 0 Å². The van der Waals surface area contributed by atoms with Crippen molar-refractivity contribution in [3.05, 3.63) is 0 Å². The van der Waals surface area contributed by atoms with Gasteiger partial charge in [0, 0.05) is 31.2 Å². The van der Waals surface area contributed by atoms with Crippen molar-refractivity contribution in [2.45, 2.75) is 78.4 Å². The molecule has 2 fully saturated rings. The summed E-state index contributed by atoms with van der Waals surface area (Å²) in [7, 11) is 0. The predicted molar refractivity (Wildman–Crippen MR) is 83.4 cm³/mol. The van der Waals surface area contributed by atoms with Crippen LogP contribution in [0.25, 0.3) is 0 Å². The van der Waals surface area contributed by atoms with Crippen LogP contribution in [0.5, 0.6) is 0 Å². The topological polar surface area (TPSA) is 15.3 Å². The molecule has 0 bridgehead atoms. The largest absolute Gasteiger partial charge is 0.311 e. The lowest BCUT2D eigenvalue weighted by molar-refractivity contribution is 0.0216. The monoisotopic (exact) mass is 266 g/mol. The lowest BCUT2D eigenvalue weighted by atomic mass is 9.76. The average Bonchev–Trinajstić information content (AvgIpc) is 2.35. The van der Waals surface area contributed by atoms with E-state index in [1.54, 1.807) is 0 Å². The van der Waals surface area contributed by atoms with Crippen LogP contribution < -0.4 is 5.32 Å². The number of nitrogens with one attached hydrogen (secondary N) is 1. The number of hydrogen-bond donors (Lipinski definition) is 1. The van der Waals surface area contributed by atoms with E-state index in [4.69, 9.17) is 0 Å².